The molecular weight excluding hydrogens is 228 g/mol. The molecule has 1 saturated heterocycles. The highest BCUT2D eigenvalue weighted by atomic mass is 16.2. The number of nitrogens with zero attached hydrogens (tertiary/aromatic N) is 3. The van der Waals surface area contributed by atoms with Crippen molar-refractivity contribution in [3.8, 4) is 0 Å². The fraction of sp³-hybridized carbons (Fsp3) is 0.615. The van der Waals surface area contributed by atoms with E-state index in [1.165, 1.54) is 6.42 Å². The number of likely N-dealkylation sites (N-methyl/N-ethyl adjacent to an activating group) is 1. The minimum absolute atomic E-state index is 0.0285. The van der Waals surface area contributed by atoms with E-state index in [2.05, 4.69) is 15.5 Å². The van der Waals surface area contributed by atoms with E-state index in [0.717, 1.165) is 24.6 Å². The van der Waals surface area contributed by atoms with Gasteiger partial charge in [-0.15, -0.1) is 0 Å². The van der Waals surface area contributed by atoms with Gasteiger partial charge in [0.05, 0.1) is 18.3 Å². The van der Waals surface area contributed by atoms with Gasteiger partial charge in [0.15, 0.2) is 0 Å². The van der Waals surface area contributed by atoms with Crippen LogP contribution in [0.1, 0.15) is 18.5 Å². The molecule has 2 heterocycles. The molecule has 1 aliphatic carbocycles. The summed E-state index contributed by atoms with van der Waals surface area (Å²) in [5, 5.41) is 11.1. The van der Waals surface area contributed by atoms with E-state index in [4.69, 9.17) is 0 Å². The van der Waals surface area contributed by atoms with E-state index in [1.54, 1.807) is 6.20 Å². The molecule has 5 heteroatoms. The molecule has 5 nitrogen and oxygen atoms in total. The van der Waals surface area contributed by atoms with Crippen LogP contribution in [0, 0.1) is 11.8 Å². The second kappa shape index (κ2) is 4.65. The number of hydrogen-bond donors (Lipinski definition) is 1. The zero-order valence-corrected chi connectivity index (χ0v) is 10.5. The van der Waals surface area contributed by atoms with E-state index < -0.39 is 0 Å². The number of nitrogens with one attached hydrogen (secondary N) is 1. The summed E-state index contributed by atoms with van der Waals surface area (Å²) >= 11 is 0. The van der Waals surface area contributed by atoms with Gasteiger partial charge in [-0.3, -0.25) is 4.79 Å². The molecule has 1 aromatic rings. The second-order valence-corrected chi connectivity index (χ2v) is 5.27. The predicted molar refractivity (Wildman–Crippen MR) is 66.5 cm³/mol. The van der Waals surface area contributed by atoms with Gasteiger partial charge in [-0.1, -0.05) is 0 Å². The van der Waals surface area contributed by atoms with Gasteiger partial charge >= 0.3 is 0 Å². The maximum absolute atomic E-state index is 12.4. The third kappa shape index (κ3) is 2.22. The van der Waals surface area contributed by atoms with Gasteiger partial charge in [0.2, 0.25) is 5.91 Å². The molecule has 2 fully saturated rings. The molecule has 1 saturated carbocycles. The Kier molecular flexibility index (Phi) is 2.99. The molecule has 2 aliphatic rings. The highest BCUT2D eigenvalue weighted by molar-refractivity contribution is 5.82. The van der Waals surface area contributed by atoms with Crippen LogP contribution < -0.4 is 5.32 Å². The van der Waals surface area contributed by atoms with E-state index in [-0.39, 0.29) is 11.9 Å². The topological polar surface area (TPSA) is 58.1 Å². The smallest absolute Gasteiger partial charge is 0.240 e. The Morgan fingerprint density at radius 3 is 3.06 bits per heavy atom. The fourth-order valence-electron chi connectivity index (χ4n) is 2.82. The molecule has 0 radical (unpaired) electrons. The fourth-order valence-corrected chi connectivity index (χ4v) is 2.82. The average Bonchev–Trinajstić information content (AvgIpc) is 3.14. The van der Waals surface area contributed by atoms with Crippen LogP contribution in [0.4, 0.5) is 0 Å². The Morgan fingerprint density at radius 2 is 2.33 bits per heavy atom. The van der Waals surface area contributed by atoms with Crippen molar-refractivity contribution in [2.45, 2.75) is 25.4 Å². The van der Waals surface area contributed by atoms with Gasteiger partial charge in [-0.05, 0) is 43.9 Å². The average molecular weight is 246 g/mol. The Morgan fingerprint density at radius 1 is 1.44 bits per heavy atom. The minimum atomic E-state index is -0.0285. The first kappa shape index (κ1) is 11.6. The highest BCUT2D eigenvalue weighted by Crippen LogP contribution is 2.44. The highest BCUT2D eigenvalue weighted by Gasteiger charge is 2.45. The molecule has 1 aliphatic heterocycles. The Balaban J connectivity index is 1.75. The van der Waals surface area contributed by atoms with Crippen molar-refractivity contribution in [3.05, 3.63) is 24.0 Å². The Bertz CT molecular complexity index is 436. The third-order valence-electron chi connectivity index (χ3n) is 4.00. The van der Waals surface area contributed by atoms with Crippen molar-refractivity contribution in [1.82, 2.24) is 20.4 Å². The molecular formula is C13H18N4O. The Hall–Kier alpha value is -1.49. The summed E-state index contributed by atoms with van der Waals surface area (Å²) in [6.45, 7) is 1.45. The lowest BCUT2D eigenvalue weighted by atomic mass is 10.1. The summed E-state index contributed by atoms with van der Waals surface area (Å²) < 4.78 is 0. The van der Waals surface area contributed by atoms with Crippen LogP contribution in [-0.2, 0) is 11.3 Å². The maximum atomic E-state index is 12.4. The zero-order valence-electron chi connectivity index (χ0n) is 10.5. The van der Waals surface area contributed by atoms with E-state index in [0.29, 0.717) is 12.5 Å². The standard InChI is InChI=1S/C13H18N4O/c1-14-12-6-9-5-10(9)7-17(13(12)18)8-11-3-2-4-15-16-11/h2-4,9-10,12,14H,5-8H2,1H3. The number of fused-ring (bicyclic) bond motifs is 1. The van der Waals surface area contributed by atoms with Crippen molar-refractivity contribution in [3.63, 3.8) is 0 Å². The SMILES string of the molecule is CNC1CC2CC2CN(Cc2cccnn2)C1=O. The number of carbonyl (C=O) groups is 1. The summed E-state index contributed by atoms with van der Waals surface area (Å²) in [5.41, 5.74) is 0.861. The maximum Gasteiger partial charge on any atom is 0.240 e. The van der Waals surface area contributed by atoms with Gasteiger partial charge in [-0.25, -0.2) is 0 Å². The molecule has 3 atom stereocenters. The first-order valence-corrected chi connectivity index (χ1v) is 6.50. The first-order chi connectivity index (χ1) is 8.78. The summed E-state index contributed by atoms with van der Waals surface area (Å²) in [6, 6.07) is 3.75. The van der Waals surface area contributed by atoms with Crippen molar-refractivity contribution in [2.24, 2.45) is 11.8 Å². The summed E-state index contributed by atoms with van der Waals surface area (Å²) in [6.07, 6.45) is 3.90. The molecule has 18 heavy (non-hydrogen) atoms. The zero-order chi connectivity index (χ0) is 12.5. The van der Waals surface area contributed by atoms with Crippen LogP contribution in [-0.4, -0.2) is 40.6 Å². The molecule has 1 amide bonds. The van der Waals surface area contributed by atoms with Gasteiger partial charge in [0.1, 0.15) is 0 Å². The van der Waals surface area contributed by atoms with Gasteiger partial charge in [0, 0.05) is 12.7 Å². The molecule has 3 unspecified atom stereocenters. The van der Waals surface area contributed by atoms with E-state index in [1.807, 2.05) is 24.1 Å². The number of hydrogen-bond acceptors (Lipinski definition) is 4. The predicted octanol–water partition coefficient (Wildman–Crippen LogP) is 0.433. The van der Waals surface area contributed by atoms with Gasteiger partial charge in [-0.2, -0.15) is 10.2 Å². The van der Waals surface area contributed by atoms with Gasteiger partial charge in [0.25, 0.3) is 0 Å². The quantitative estimate of drug-likeness (QED) is 0.840. The lowest BCUT2D eigenvalue weighted by Gasteiger charge is -2.24. The molecule has 1 aromatic heterocycles. The van der Waals surface area contributed by atoms with E-state index >= 15 is 0 Å². The largest absolute Gasteiger partial charge is 0.335 e. The lowest BCUT2D eigenvalue weighted by molar-refractivity contribution is -0.133. The number of amides is 1. The van der Waals surface area contributed by atoms with Crippen LogP contribution in [0.25, 0.3) is 0 Å². The normalized spacial score (nSPS) is 30.8. The van der Waals surface area contributed by atoms with Crippen LogP contribution in [0.2, 0.25) is 0 Å². The monoisotopic (exact) mass is 246 g/mol. The molecule has 1 N–H and O–H groups in total. The molecule has 3 rings (SSSR count). The first-order valence-electron chi connectivity index (χ1n) is 6.50. The minimum Gasteiger partial charge on any atom is -0.335 e. The van der Waals surface area contributed by atoms with Crippen molar-refractivity contribution in [2.75, 3.05) is 13.6 Å². The number of rotatable bonds is 3. The van der Waals surface area contributed by atoms with Crippen LogP contribution in [0.5, 0.6) is 0 Å². The van der Waals surface area contributed by atoms with Crippen LogP contribution >= 0.6 is 0 Å². The van der Waals surface area contributed by atoms with Gasteiger partial charge < -0.3 is 10.2 Å². The molecule has 0 aromatic carbocycles. The summed E-state index contributed by atoms with van der Waals surface area (Å²) in [4.78, 5) is 14.3. The van der Waals surface area contributed by atoms with Crippen molar-refractivity contribution >= 4 is 5.91 Å². The number of aromatic nitrogens is 2. The van der Waals surface area contributed by atoms with E-state index in [9.17, 15) is 4.79 Å². The molecule has 0 spiro atoms. The third-order valence-corrected chi connectivity index (χ3v) is 4.00. The number of likely N-dealkylation sites (tertiary alicyclic amines) is 1. The number of carbonyl (C=O) groups excluding carboxylic acids is 1. The lowest BCUT2D eigenvalue weighted by Crippen LogP contribution is -2.44. The van der Waals surface area contributed by atoms with Crippen LogP contribution in [0.15, 0.2) is 18.3 Å². The van der Waals surface area contributed by atoms with Crippen LogP contribution in [0.3, 0.4) is 0 Å². The molecule has 96 valence electrons. The Labute approximate surface area is 107 Å². The summed E-state index contributed by atoms with van der Waals surface area (Å²) in [7, 11) is 1.87. The van der Waals surface area contributed by atoms with Crippen molar-refractivity contribution in [1.29, 1.82) is 0 Å². The second-order valence-electron chi connectivity index (χ2n) is 5.27. The van der Waals surface area contributed by atoms with Crippen molar-refractivity contribution < 1.29 is 4.79 Å². The molecule has 0 bridgehead atoms. The summed E-state index contributed by atoms with van der Waals surface area (Å²) in [5.74, 6) is 1.64.